The molecule has 0 bridgehead atoms. The van der Waals surface area contributed by atoms with Gasteiger partial charge in [-0.1, -0.05) is 41.5 Å². The fraction of sp³-hybridized carbons (Fsp3) is 0.939. The third kappa shape index (κ3) is 7.69. The van der Waals surface area contributed by atoms with Crippen molar-refractivity contribution in [2.24, 2.45) is 58.2 Å². The van der Waals surface area contributed by atoms with E-state index in [0.717, 1.165) is 20.5 Å². The van der Waals surface area contributed by atoms with Gasteiger partial charge in [0.1, 0.15) is 18.3 Å². The van der Waals surface area contributed by atoms with Gasteiger partial charge in [0.15, 0.2) is 0 Å². The molecule has 0 spiro atoms. The Kier molecular flexibility index (Phi) is 12.9. The average Bonchev–Trinajstić information content (AvgIpc) is 3.22. The van der Waals surface area contributed by atoms with Crippen molar-refractivity contribution >= 4 is 30.2 Å². The van der Waals surface area contributed by atoms with Crippen LogP contribution in [0.25, 0.3) is 0 Å². The van der Waals surface area contributed by atoms with Gasteiger partial charge in [-0.3, -0.25) is 22.8 Å². The molecular formula is C33H54NaO14PS. The number of hydrogen-bond acceptors (Lipinski definition) is 13. The third-order valence-electron chi connectivity index (χ3n) is 13.3. The zero-order chi connectivity index (χ0) is 36.6. The molecule has 1 saturated heterocycles. The first kappa shape index (κ1) is 42.6. The van der Waals surface area contributed by atoms with Gasteiger partial charge < -0.3 is 28.8 Å². The molecular weight excluding hydrogens is 706 g/mol. The number of carbonyl (C=O) groups is 2. The second-order valence-electron chi connectivity index (χ2n) is 16.2. The smallest absolute Gasteiger partial charge is 0.726 e. The molecule has 0 aromatic carbocycles. The van der Waals surface area contributed by atoms with Crippen LogP contribution in [0.3, 0.4) is 0 Å². The van der Waals surface area contributed by atoms with Gasteiger partial charge in [-0.05, 0) is 72.5 Å². The molecule has 0 aromatic heterocycles. The van der Waals surface area contributed by atoms with E-state index in [9.17, 15) is 37.1 Å². The Labute approximate surface area is 318 Å². The van der Waals surface area contributed by atoms with Crippen molar-refractivity contribution in [3.8, 4) is 0 Å². The van der Waals surface area contributed by atoms with Gasteiger partial charge in [-0.15, -0.1) is 0 Å². The van der Waals surface area contributed by atoms with E-state index in [1.165, 1.54) is 6.92 Å². The van der Waals surface area contributed by atoms with E-state index < -0.39 is 95.4 Å². The van der Waals surface area contributed by atoms with Gasteiger partial charge in [0, 0.05) is 38.7 Å². The fourth-order valence-corrected chi connectivity index (χ4v) is 12.4. The first-order valence-electron chi connectivity index (χ1n) is 17.4. The van der Waals surface area contributed by atoms with E-state index in [1.807, 2.05) is 6.92 Å². The van der Waals surface area contributed by atoms with E-state index in [4.69, 9.17) is 27.4 Å². The van der Waals surface area contributed by atoms with Crippen LogP contribution in [-0.2, 0) is 52.0 Å². The minimum absolute atomic E-state index is 0. The summed E-state index contributed by atoms with van der Waals surface area (Å²) in [5.74, 6) is -3.35. The van der Waals surface area contributed by atoms with Crippen molar-refractivity contribution in [3.05, 3.63) is 0 Å². The van der Waals surface area contributed by atoms with Crippen molar-refractivity contribution in [3.63, 3.8) is 0 Å². The summed E-state index contributed by atoms with van der Waals surface area (Å²) in [6.07, 6.45) is -4.74. The van der Waals surface area contributed by atoms with Crippen LogP contribution in [0, 0.1) is 58.2 Å². The second kappa shape index (κ2) is 15.2. The van der Waals surface area contributed by atoms with Crippen LogP contribution < -0.4 is 29.6 Å². The summed E-state index contributed by atoms with van der Waals surface area (Å²) in [4.78, 5) is 35.9. The first-order chi connectivity index (χ1) is 22.6. The molecule has 4 saturated carbocycles. The van der Waals surface area contributed by atoms with E-state index in [0.29, 0.717) is 25.2 Å². The number of fused-ring (bicyclic) bond motifs is 7. The quantitative estimate of drug-likeness (QED) is 0.111. The van der Waals surface area contributed by atoms with Crippen LogP contribution in [0.2, 0.25) is 0 Å². The molecule has 5 fully saturated rings. The number of rotatable bonds is 9. The topological polar surface area (TPSA) is 204 Å². The molecule has 17 atom stereocenters. The fourth-order valence-electron chi connectivity index (χ4n) is 11.3. The summed E-state index contributed by atoms with van der Waals surface area (Å²) in [7, 11) is -8.69. The summed E-state index contributed by atoms with van der Waals surface area (Å²) in [6.45, 7) is 15.0. The van der Waals surface area contributed by atoms with Crippen molar-refractivity contribution < 1.29 is 94.1 Å². The van der Waals surface area contributed by atoms with Crippen molar-refractivity contribution in [2.75, 3.05) is 7.11 Å². The maximum Gasteiger partial charge on any atom is 1.00 e. The Bertz CT molecular complexity index is 1430. The summed E-state index contributed by atoms with van der Waals surface area (Å²) in [6, 6.07) is 0. The maximum absolute atomic E-state index is 13.3. The van der Waals surface area contributed by atoms with Crippen LogP contribution in [-0.4, -0.2) is 84.7 Å². The van der Waals surface area contributed by atoms with Crippen molar-refractivity contribution in [1.82, 2.24) is 0 Å². The van der Waals surface area contributed by atoms with E-state index in [2.05, 4.69) is 34.6 Å². The Morgan fingerprint density at radius 3 is 2.08 bits per heavy atom. The zero-order valence-corrected chi connectivity index (χ0v) is 34.6. The van der Waals surface area contributed by atoms with Gasteiger partial charge in [0.2, 0.25) is 10.4 Å². The molecule has 17 heteroatoms. The molecule has 14 nitrogen and oxygen atoms in total. The minimum atomic E-state index is -5.21. The van der Waals surface area contributed by atoms with E-state index in [1.54, 1.807) is 0 Å². The Hall–Kier alpha value is -0.160. The Balaban J connectivity index is 0.00000562. The molecule has 1 heterocycles. The number of aliphatic hydroxyl groups is 1. The maximum atomic E-state index is 13.3. The third-order valence-corrected chi connectivity index (χ3v) is 14.8. The van der Waals surface area contributed by atoms with Crippen LogP contribution in [0.15, 0.2) is 0 Å². The number of aliphatic hydroxyl groups excluding tert-OH is 1. The predicted molar refractivity (Wildman–Crippen MR) is 172 cm³/mol. The summed E-state index contributed by atoms with van der Waals surface area (Å²) in [5.41, 5.74) is -1.37. The Morgan fingerprint density at radius 1 is 0.960 bits per heavy atom. The monoisotopic (exact) mass is 760 g/mol. The van der Waals surface area contributed by atoms with Crippen LogP contribution in [0.1, 0.15) is 87.5 Å². The number of phosphoric ester groups is 1. The van der Waals surface area contributed by atoms with Crippen molar-refractivity contribution in [1.29, 1.82) is 0 Å². The molecule has 2 N–H and O–H groups in total. The van der Waals surface area contributed by atoms with Gasteiger partial charge in [-0.2, -0.15) is 0 Å². The number of carbonyl (C=O) groups excluding carboxylic acids is 2. The SMILES string of the molecule is COP(=O)(O)O[C@@H]1[C@H]2O[C@@H]([C@@H](C)C(C)C)C[C@@H](C)[C@@H]2[C@@]2(C)CC[C@H]3[C@@H]([C@@H](OC(C)=O)[C@@H](O)[C@H]4[C@@H](OC(C)=O)[C@H](OS(=O)(=O)[O-])CC[C@@]43C)[C@H]12.[Na+]. The number of hydrogen-bond donors (Lipinski definition) is 2. The van der Waals surface area contributed by atoms with Crippen molar-refractivity contribution in [2.45, 2.75) is 130 Å². The van der Waals surface area contributed by atoms with Gasteiger partial charge in [0.25, 0.3) is 0 Å². The zero-order valence-electron chi connectivity index (χ0n) is 30.8. The molecule has 0 amide bonds. The second-order valence-corrected chi connectivity index (χ2v) is 18.7. The number of esters is 2. The molecule has 50 heavy (non-hydrogen) atoms. The molecule has 4 aliphatic carbocycles. The average molecular weight is 761 g/mol. The van der Waals surface area contributed by atoms with Gasteiger partial charge in [-0.25, -0.2) is 13.0 Å². The predicted octanol–water partition coefficient (Wildman–Crippen LogP) is 0.986. The van der Waals surface area contributed by atoms with Crippen LogP contribution in [0.4, 0.5) is 0 Å². The van der Waals surface area contributed by atoms with E-state index in [-0.39, 0.29) is 65.8 Å². The first-order valence-corrected chi connectivity index (χ1v) is 20.3. The molecule has 5 rings (SSSR count). The largest absolute Gasteiger partial charge is 1.00 e. The van der Waals surface area contributed by atoms with E-state index >= 15 is 0 Å². The molecule has 5 aliphatic rings. The normalized spacial score (nSPS) is 45.8. The molecule has 282 valence electrons. The summed E-state index contributed by atoms with van der Waals surface area (Å²) >= 11 is 0. The van der Waals surface area contributed by atoms with Gasteiger partial charge >= 0.3 is 49.3 Å². The molecule has 1 unspecified atom stereocenters. The molecule has 0 aromatic rings. The minimum Gasteiger partial charge on any atom is -0.726 e. The molecule has 0 radical (unpaired) electrons. The van der Waals surface area contributed by atoms with Crippen LogP contribution >= 0.6 is 7.82 Å². The standard InChI is InChI=1S/C33H55O14PS.Na/c1-15(2)17(4)22-14-16(3)24-30(45-22)31(46-48(37,38)42-9)25-23-20(10-12-33(24,25)8)32(7)13-11-21(47-49(39,40)41)28(43-18(5)34)26(32)27(36)29(23)44-19(6)35;/h15-17,20-31,36H,10-14H2,1-9H3,(H,37,38)(H,39,40,41);/q;+1/p-1/t16-,17+,20+,21-,22-,23-,24+,25-,26+,27+,28+,29-,30+,31+,32-,33-;/m1./s1. The number of phosphoric acid groups is 1. The van der Waals surface area contributed by atoms with Gasteiger partial charge in [0.05, 0.1) is 24.4 Å². The number of ether oxygens (including phenoxy) is 3. The molecule has 1 aliphatic heterocycles. The summed E-state index contributed by atoms with van der Waals surface area (Å²) in [5, 5.41) is 12.3. The summed E-state index contributed by atoms with van der Waals surface area (Å²) < 4.78 is 82.9. The Morgan fingerprint density at radius 2 is 1.54 bits per heavy atom. The van der Waals surface area contributed by atoms with Crippen LogP contribution in [0.5, 0.6) is 0 Å².